The number of hydrogen-bond donors (Lipinski definition) is 8. The normalized spacial score (nSPS) is 9.52. The largest absolute Gasteiger partial charge is 0.358 e. The van der Waals surface area contributed by atoms with Gasteiger partial charge in [-0.05, 0) is 0 Å². The number of rotatable bonds is 14. The predicted molar refractivity (Wildman–Crippen MR) is 111 cm³/mol. The van der Waals surface area contributed by atoms with E-state index < -0.39 is 80.0 Å². The molecular weight excluding hydrogens is 444 g/mol. The first-order chi connectivity index (χ1) is 15.5. The zero-order chi connectivity index (χ0) is 25.2. The van der Waals surface area contributed by atoms with Crippen LogP contribution in [0.25, 0.3) is 0 Å². The molecule has 16 heteroatoms. The Kier molecular flexibility index (Phi) is 14.3. The first-order valence-electron chi connectivity index (χ1n) is 9.58. The molecule has 33 heavy (non-hydrogen) atoms. The van der Waals surface area contributed by atoms with E-state index in [1.165, 1.54) is 14.0 Å². The quantitative estimate of drug-likeness (QED) is 0.121. The van der Waals surface area contributed by atoms with Crippen LogP contribution in [0.4, 0.5) is 0 Å². The third-order valence-corrected chi connectivity index (χ3v) is 3.45. The average Bonchev–Trinajstić information content (AvgIpc) is 2.78. The molecule has 0 radical (unpaired) electrons. The standard InChI is InChI=1S/C17H28N8O8/c1-10(26)19-4-12(28)21-6-14(30)23-8-16(32)25-9-17(33)24-7-15(31)22-5-13(29)20-3-11(27)18-2/h3-9H2,1-2H3,(H,18,27)(H,19,26)(H,20,29)(H,21,28)(H,22,31)(H,23,30)(H,24,33)(H,25,32). The smallest absolute Gasteiger partial charge is 0.239 e. The highest BCUT2D eigenvalue weighted by Gasteiger charge is 2.11. The van der Waals surface area contributed by atoms with E-state index in [2.05, 4.69) is 42.5 Å². The van der Waals surface area contributed by atoms with Gasteiger partial charge in [0.25, 0.3) is 0 Å². The van der Waals surface area contributed by atoms with Crippen LogP contribution in [0.15, 0.2) is 0 Å². The summed E-state index contributed by atoms with van der Waals surface area (Å²) in [7, 11) is 1.40. The second-order valence-electron chi connectivity index (χ2n) is 6.24. The fourth-order valence-corrected chi connectivity index (χ4v) is 1.74. The molecule has 8 amide bonds. The summed E-state index contributed by atoms with van der Waals surface area (Å²) in [4.78, 5) is 90.7. The Balaban J connectivity index is 3.90. The van der Waals surface area contributed by atoms with Crippen LogP contribution in [0.1, 0.15) is 6.92 Å². The minimum atomic E-state index is -0.695. The molecule has 0 saturated carbocycles. The summed E-state index contributed by atoms with van der Waals surface area (Å²) in [5.74, 6) is -4.72. The average molecular weight is 472 g/mol. The molecule has 16 nitrogen and oxygen atoms in total. The van der Waals surface area contributed by atoms with Crippen LogP contribution >= 0.6 is 0 Å². The van der Waals surface area contributed by atoms with Gasteiger partial charge in [0.15, 0.2) is 0 Å². The van der Waals surface area contributed by atoms with Crippen molar-refractivity contribution in [3.8, 4) is 0 Å². The van der Waals surface area contributed by atoms with Gasteiger partial charge in [-0.3, -0.25) is 38.4 Å². The Labute approximate surface area is 188 Å². The van der Waals surface area contributed by atoms with Crippen molar-refractivity contribution in [1.82, 2.24) is 42.5 Å². The zero-order valence-electron chi connectivity index (χ0n) is 18.2. The summed E-state index contributed by atoms with van der Waals surface area (Å²) in [6.45, 7) is -1.49. The van der Waals surface area contributed by atoms with Crippen molar-refractivity contribution in [2.45, 2.75) is 6.92 Å². The van der Waals surface area contributed by atoms with Gasteiger partial charge in [0.05, 0.1) is 45.8 Å². The molecule has 0 saturated heterocycles. The number of amides is 8. The summed E-state index contributed by atoms with van der Waals surface area (Å²) in [5, 5.41) is 17.9. The zero-order valence-corrected chi connectivity index (χ0v) is 18.2. The summed E-state index contributed by atoms with van der Waals surface area (Å²) in [6, 6.07) is 0. The summed E-state index contributed by atoms with van der Waals surface area (Å²) < 4.78 is 0. The van der Waals surface area contributed by atoms with Gasteiger partial charge in [-0.25, -0.2) is 0 Å². The Hall–Kier alpha value is -4.24. The third kappa shape index (κ3) is 17.2. The summed E-state index contributed by atoms with van der Waals surface area (Å²) in [5.41, 5.74) is 0. The minimum Gasteiger partial charge on any atom is -0.358 e. The molecule has 0 heterocycles. The van der Waals surface area contributed by atoms with Gasteiger partial charge >= 0.3 is 0 Å². The van der Waals surface area contributed by atoms with Crippen molar-refractivity contribution >= 4 is 47.3 Å². The number of likely N-dealkylation sites (N-methyl/N-ethyl adjacent to an activating group) is 1. The Bertz CT molecular complexity index is 770. The monoisotopic (exact) mass is 472 g/mol. The van der Waals surface area contributed by atoms with E-state index in [-0.39, 0.29) is 13.1 Å². The van der Waals surface area contributed by atoms with Crippen molar-refractivity contribution in [2.75, 3.05) is 52.9 Å². The molecule has 0 aliphatic carbocycles. The Morgan fingerprint density at radius 2 is 0.606 bits per heavy atom. The molecule has 0 atom stereocenters. The SMILES string of the molecule is CNC(=O)CNC(=O)CNC(=O)CNC(=O)CNC(=O)CNC(=O)CNC(=O)CNC(C)=O. The molecule has 184 valence electrons. The van der Waals surface area contributed by atoms with Crippen molar-refractivity contribution in [3.63, 3.8) is 0 Å². The number of hydrogen-bond acceptors (Lipinski definition) is 8. The fraction of sp³-hybridized carbons (Fsp3) is 0.529. The van der Waals surface area contributed by atoms with Crippen LogP contribution < -0.4 is 42.5 Å². The molecule has 0 aromatic heterocycles. The molecule has 0 rings (SSSR count). The highest BCUT2D eigenvalue weighted by molar-refractivity contribution is 5.92. The maximum atomic E-state index is 11.6. The van der Waals surface area contributed by atoms with E-state index in [9.17, 15) is 38.4 Å². The lowest BCUT2D eigenvalue weighted by molar-refractivity contribution is -0.129. The fourth-order valence-electron chi connectivity index (χ4n) is 1.74. The van der Waals surface area contributed by atoms with Crippen LogP contribution in [0.5, 0.6) is 0 Å². The maximum Gasteiger partial charge on any atom is 0.239 e. The van der Waals surface area contributed by atoms with Gasteiger partial charge in [-0.1, -0.05) is 0 Å². The van der Waals surface area contributed by atoms with Crippen LogP contribution in [-0.4, -0.2) is 100 Å². The van der Waals surface area contributed by atoms with E-state index in [1.54, 1.807) is 0 Å². The van der Waals surface area contributed by atoms with Crippen molar-refractivity contribution in [2.24, 2.45) is 0 Å². The van der Waals surface area contributed by atoms with Gasteiger partial charge in [-0.2, -0.15) is 0 Å². The van der Waals surface area contributed by atoms with E-state index in [1.807, 2.05) is 0 Å². The van der Waals surface area contributed by atoms with E-state index in [0.29, 0.717) is 0 Å². The minimum absolute atomic E-state index is 0.241. The molecule has 0 aromatic carbocycles. The maximum absolute atomic E-state index is 11.6. The molecule has 0 aliphatic rings. The molecule has 0 spiro atoms. The number of carbonyl (C=O) groups excluding carboxylic acids is 8. The van der Waals surface area contributed by atoms with E-state index in [4.69, 9.17) is 0 Å². The summed E-state index contributed by atoms with van der Waals surface area (Å²) >= 11 is 0. The first kappa shape index (κ1) is 28.8. The molecule has 0 aromatic rings. The van der Waals surface area contributed by atoms with Crippen molar-refractivity contribution in [3.05, 3.63) is 0 Å². The topological polar surface area (TPSA) is 233 Å². The Morgan fingerprint density at radius 1 is 0.394 bits per heavy atom. The second-order valence-corrected chi connectivity index (χ2v) is 6.24. The second kappa shape index (κ2) is 16.5. The van der Waals surface area contributed by atoms with Gasteiger partial charge in [0.1, 0.15) is 0 Å². The molecule has 0 unspecified atom stereocenters. The lowest BCUT2D eigenvalue weighted by atomic mass is 10.4. The van der Waals surface area contributed by atoms with Gasteiger partial charge in [0, 0.05) is 14.0 Å². The molecular formula is C17H28N8O8. The molecule has 0 aliphatic heterocycles. The number of nitrogens with one attached hydrogen (secondary N) is 8. The Morgan fingerprint density at radius 3 is 0.818 bits per heavy atom. The lowest BCUT2D eigenvalue weighted by Gasteiger charge is -2.09. The summed E-state index contributed by atoms with van der Waals surface area (Å²) in [6.07, 6.45) is 0. The highest BCUT2D eigenvalue weighted by atomic mass is 16.2. The molecule has 0 fully saturated rings. The van der Waals surface area contributed by atoms with Gasteiger partial charge in [0.2, 0.25) is 47.3 Å². The van der Waals surface area contributed by atoms with Crippen LogP contribution in [0.3, 0.4) is 0 Å². The van der Waals surface area contributed by atoms with Gasteiger partial charge < -0.3 is 42.5 Å². The van der Waals surface area contributed by atoms with Crippen LogP contribution in [0.2, 0.25) is 0 Å². The van der Waals surface area contributed by atoms with Gasteiger partial charge in [-0.15, -0.1) is 0 Å². The predicted octanol–water partition coefficient (Wildman–Crippen LogP) is -6.43. The lowest BCUT2D eigenvalue weighted by Crippen LogP contribution is -2.47. The molecule has 8 N–H and O–H groups in total. The van der Waals surface area contributed by atoms with Crippen molar-refractivity contribution < 1.29 is 38.4 Å². The first-order valence-corrected chi connectivity index (χ1v) is 9.58. The number of carbonyl (C=O) groups is 8. The van der Waals surface area contributed by atoms with Crippen LogP contribution in [-0.2, 0) is 38.4 Å². The third-order valence-electron chi connectivity index (χ3n) is 3.45. The van der Waals surface area contributed by atoms with E-state index in [0.717, 1.165) is 0 Å². The highest BCUT2D eigenvalue weighted by Crippen LogP contribution is 1.73. The molecule has 0 bridgehead atoms. The van der Waals surface area contributed by atoms with Crippen molar-refractivity contribution in [1.29, 1.82) is 0 Å². The van der Waals surface area contributed by atoms with E-state index >= 15 is 0 Å². The van der Waals surface area contributed by atoms with Crippen LogP contribution in [0, 0.1) is 0 Å².